The largest absolute Gasteiger partial charge is 0.396 e. The van der Waals surface area contributed by atoms with E-state index in [0.29, 0.717) is 24.0 Å². The Hall–Kier alpha value is -1.69. The molecule has 1 aliphatic rings. The molecule has 0 aliphatic heterocycles. The van der Waals surface area contributed by atoms with Gasteiger partial charge in [0.1, 0.15) is 11.5 Å². The number of hydrogen-bond donors (Lipinski definition) is 3. The fraction of sp³-hybridized carbons (Fsp3) is 0.583. The van der Waals surface area contributed by atoms with Gasteiger partial charge in [0.15, 0.2) is 5.82 Å². The smallest absolute Gasteiger partial charge is 0.158 e. The molecule has 0 aromatic carbocycles. The van der Waals surface area contributed by atoms with Crippen molar-refractivity contribution in [3.8, 4) is 0 Å². The van der Waals surface area contributed by atoms with Crippen molar-refractivity contribution in [1.82, 2.24) is 9.97 Å². The Balaban J connectivity index is 2.25. The second kappa shape index (κ2) is 5.77. The Bertz CT molecular complexity index is 419. The van der Waals surface area contributed by atoms with E-state index >= 15 is 0 Å². The van der Waals surface area contributed by atoms with Crippen LogP contribution in [0, 0.1) is 5.41 Å². The highest BCUT2D eigenvalue weighted by atomic mass is 16.3. The predicted octanol–water partition coefficient (Wildman–Crippen LogP) is 0.502. The fourth-order valence-electron chi connectivity index (χ4n) is 2.13. The normalized spacial score (nSPS) is 15.2. The standard InChI is InChI=1S/C12H19N5O/c13-11(14)10-12(16-6-5-15-10)17(7-2-8-18)9-3-1-4-9/h5-6,9,18H,1-4,7-8H2,(H3,13,14). The van der Waals surface area contributed by atoms with E-state index in [9.17, 15) is 0 Å². The maximum atomic E-state index is 8.98. The Morgan fingerprint density at radius 3 is 2.72 bits per heavy atom. The molecule has 1 aromatic heterocycles. The van der Waals surface area contributed by atoms with E-state index in [2.05, 4.69) is 14.9 Å². The molecule has 1 saturated carbocycles. The van der Waals surface area contributed by atoms with Crippen LogP contribution in [0.2, 0.25) is 0 Å². The fourth-order valence-corrected chi connectivity index (χ4v) is 2.13. The Morgan fingerprint density at radius 1 is 1.44 bits per heavy atom. The zero-order chi connectivity index (χ0) is 13.0. The van der Waals surface area contributed by atoms with Gasteiger partial charge >= 0.3 is 0 Å². The van der Waals surface area contributed by atoms with Crippen molar-refractivity contribution >= 4 is 11.7 Å². The number of nitrogens with one attached hydrogen (secondary N) is 1. The van der Waals surface area contributed by atoms with E-state index < -0.39 is 0 Å². The molecule has 4 N–H and O–H groups in total. The zero-order valence-electron chi connectivity index (χ0n) is 10.3. The molecule has 0 amide bonds. The van der Waals surface area contributed by atoms with Gasteiger partial charge in [0.25, 0.3) is 0 Å². The number of hydrogen-bond acceptors (Lipinski definition) is 5. The van der Waals surface area contributed by atoms with Crippen LogP contribution in [-0.4, -0.2) is 40.1 Å². The van der Waals surface area contributed by atoms with Gasteiger partial charge in [0.2, 0.25) is 0 Å². The van der Waals surface area contributed by atoms with Crippen molar-refractivity contribution in [1.29, 1.82) is 5.41 Å². The summed E-state index contributed by atoms with van der Waals surface area (Å²) in [5, 5.41) is 16.5. The van der Waals surface area contributed by atoms with Crippen molar-refractivity contribution in [3.05, 3.63) is 18.1 Å². The van der Waals surface area contributed by atoms with Crippen molar-refractivity contribution < 1.29 is 5.11 Å². The van der Waals surface area contributed by atoms with Gasteiger partial charge in [-0.25, -0.2) is 9.97 Å². The third-order valence-electron chi connectivity index (χ3n) is 3.28. The van der Waals surface area contributed by atoms with Crippen LogP contribution in [0.15, 0.2) is 12.4 Å². The minimum absolute atomic E-state index is 0.0635. The van der Waals surface area contributed by atoms with Crippen LogP contribution in [0.5, 0.6) is 0 Å². The van der Waals surface area contributed by atoms with E-state index in [4.69, 9.17) is 16.2 Å². The number of aliphatic hydroxyl groups is 1. The SMILES string of the molecule is N=C(N)c1nccnc1N(CCCO)C1CCC1. The van der Waals surface area contributed by atoms with Gasteiger partial charge in [-0.05, 0) is 25.7 Å². The first-order valence-electron chi connectivity index (χ1n) is 6.27. The predicted molar refractivity (Wildman–Crippen MR) is 69.7 cm³/mol. The van der Waals surface area contributed by atoms with Crippen molar-refractivity contribution in [2.45, 2.75) is 31.7 Å². The highest BCUT2D eigenvalue weighted by molar-refractivity contribution is 5.97. The van der Waals surface area contributed by atoms with Gasteiger partial charge in [-0.15, -0.1) is 0 Å². The average Bonchev–Trinajstić information content (AvgIpc) is 2.32. The van der Waals surface area contributed by atoms with Gasteiger partial charge in [0.05, 0.1) is 0 Å². The topological polar surface area (TPSA) is 99.1 Å². The van der Waals surface area contributed by atoms with Gasteiger partial charge in [-0.2, -0.15) is 0 Å². The molecule has 1 aliphatic carbocycles. The molecule has 6 heteroatoms. The second-order valence-corrected chi connectivity index (χ2v) is 4.50. The number of nitrogens with zero attached hydrogens (tertiary/aromatic N) is 3. The maximum absolute atomic E-state index is 8.98. The molecule has 1 heterocycles. The summed E-state index contributed by atoms with van der Waals surface area (Å²) in [6, 6.07) is 0.436. The summed E-state index contributed by atoms with van der Waals surface area (Å²) in [6.45, 7) is 0.874. The van der Waals surface area contributed by atoms with Crippen molar-refractivity contribution in [2.75, 3.05) is 18.1 Å². The third-order valence-corrected chi connectivity index (χ3v) is 3.28. The lowest BCUT2D eigenvalue weighted by molar-refractivity contribution is 0.282. The van der Waals surface area contributed by atoms with Crippen molar-refractivity contribution in [2.24, 2.45) is 5.73 Å². The summed E-state index contributed by atoms with van der Waals surface area (Å²) in [5.74, 6) is 0.606. The highest BCUT2D eigenvalue weighted by Gasteiger charge is 2.28. The summed E-state index contributed by atoms with van der Waals surface area (Å²) >= 11 is 0. The lowest BCUT2D eigenvalue weighted by atomic mass is 9.91. The molecule has 0 unspecified atom stereocenters. The molecule has 1 aromatic rings. The average molecular weight is 249 g/mol. The first-order valence-corrected chi connectivity index (χ1v) is 6.27. The van der Waals surface area contributed by atoms with Gasteiger partial charge in [0, 0.05) is 31.6 Å². The number of anilines is 1. The third kappa shape index (κ3) is 2.59. The lowest BCUT2D eigenvalue weighted by Crippen LogP contribution is -2.43. The molecule has 0 bridgehead atoms. The molecular weight excluding hydrogens is 230 g/mol. The molecule has 0 atom stereocenters. The molecule has 2 rings (SSSR count). The molecule has 0 spiro atoms. The van der Waals surface area contributed by atoms with Crippen LogP contribution < -0.4 is 10.6 Å². The van der Waals surface area contributed by atoms with Crippen LogP contribution in [0.25, 0.3) is 0 Å². The highest BCUT2D eigenvalue weighted by Crippen LogP contribution is 2.29. The molecular formula is C12H19N5O. The second-order valence-electron chi connectivity index (χ2n) is 4.50. The minimum Gasteiger partial charge on any atom is -0.396 e. The van der Waals surface area contributed by atoms with Crippen molar-refractivity contribution in [3.63, 3.8) is 0 Å². The lowest BCUT2D eigenvalue weighted by Gasteiger charge is -2.38. The number of rotatable bonds is 6. The molecule has 18 heavy (non-hydrogen) atoms. The van der Waals surface area contributed by atoms with Crippen LogP contribution in [0.4, 0.5) is 5.82 Å². The van der Waals surface area contributed by atoms with E-state index in [1.807, 2.05) is 0 Å². The Labute approximate surface area is 106 Å². The number of aromatic nitrogens is 2. The maximum Gasteiger partial charge on any atom is 0.158 e. The van der Waals surface area contributed by atoms with Crippen LogP contribution in [-0.2, 0) is 0 Å². The van der Waals surface area contributed by atoms with E-state index in [1.165, 1.54) is 6.42 Å². The van der Waals surface area contributed by atoms with Crippen LogP contribution in [0.1, 0.15) is 31.4 Å². The van der Waals surface area contributed by atoms with Crippen LogP contribution >= 0.6 is 0 Å². The van der Waals surface area contributed by atoms with Gasteiger partial charge in [-0.3, -0.25) is 5.41 Å². The molecule has 0 saturated heterocycles. The van der Waals surface area contributed by atoms with Gasteiger partial charge < -0.3 is 15.7 Å². The molecule has 0 radical (unpaired) electrons. The quantitative estimate of drug-likeness (QED) is 0.503. The van der Waals surface area contributed by atoms with E-state index in [1.54, 1.807) is 12.4 Å². The molecule has 1 fully saturated rings. The Morgan fingerprint density at radius 2 is 2.17 bits per heavy atom. The summed E-state index contributed by atoms with van der Waals surface area (Å²) in [5.41, 5.74) is 5.98. The number of nitrogen functional groups attached to an aromatic ring is 1. The summed E-state index contributed by atoms with van der Waals surface area (Å²) < 4.78 is 0. The zero-order valence-corrected chi connectivity index (χ0v) is 10.3. The molecule has 98 valence electrons. The Kier molecular flexibility index (Phi) is 4.09. The molecule has 6 nitrogen and oxygen atoms in total. The summed E-state index contributed by atoms with van der Waals surface area (Å²) in [4.78, 5) is 10.6. The van der Waals surface area contributed by atoms with E-state index in [-0.39, 0.29) is 12.4 Å². The first-order chi connectivity index (χ1) is 8.74. The summed E-state index contributed by atoms with van der Waals surface area (Å²) in [7, 11) is 0. The van der Waals surface area contributed by atoms with E-state index in [0.717, 1.165) is 19.4 Å². The number of amidine groups is 1. The number of aliphatic hydroxyl groups excluding tert-OH is 1. The van der Waals surface area contributed by atoms with Crippen LogP contribution in [0.3, 0.4) is 0 Å². The van der Waals surface area contributed by atoms with Gasteiger partial charge in [-0.1, -0.05) is 0 Å². The summed E-state index contributed by atoms with van der Waals surface area (Å²) in [6.07, 6.45) is 7.32. The monoisotopic (exact) mass is 249 g/mol. The minimum atomic E-state index is -0.0635. The first kappa shape index (κ1) is 12.8. The number of nitrogens with two attached hydrogens (primary N) is 1.